The smallest absolute Gasteiger partial charge is 0.125 e. The number of aliphatic hydroxyl groups is 1. The molecule has 1 heterocycles. The van der Waals surface area contributed by atoms with Gasteiger partial charge < -0.3 is 20.2 Å². The van der Waals surface area contributed by atoms with E-state index in [1.807, 2.05) is 43.3 Å². The Morgan fingerprint density at radius 1 is 1.08 bits per heavy atom. The Labute approximate surface area is 155 Å². The fourth-order valence-corrected chi connectivity index (χ4v) is 3.63. The fraction of sp³-hybridized carbons (Fsp3) is 0.429. The van der Waals surface area contributed by atoms with Gasteiger partial charge >= 0.3 is 0 Å². The summed E-state index contributed by atoms with van der Waals surface area (Å²) in [4.78, 5) is 4.36. The van der Waals surface area contributed by atoms with E-state index in [1.54, 1.807) is 6.07 Å². The van der Waals surface area contributed by atoms with Gasteiger partial charge in [0.15, 0.2) is 0 Å². The molecule has 0 saturated heterocycles. The number of benzene rings is 2. The van der Waals surface area contributed by atoms with Gasteiger partial charge in [-0.1, -0.05) is 37.3 Å². The van der Waals surface area contributed by atoms with Gasteiger partial charge in [0.2, 0.25) is 0 Å². The largest absolute Gasteiger partial charge is 0.389 e. The molecule has 0 bridgehead atoms. The summed E-state index contributed by atoms with van der Waals surface area (Å²) in [5.74, 6) is -0.257. The van der Waals surface area contributed by atoms with Crippen molar-refractivity contribution in [1.82, 2.24) is 5.32 Å². The fourth-order valence-electron chi connectivity index (χ4n) is 3.63. The highest BCUT2D eigenvalue weighted by Crippen LogP contribution is 2.43. The van der Waals surface area contributed by atoms with Gasteiger partial charge in [-0.05, 0) is 44.2 Å². The van der Waals surface area contributed by atoms with Crippen molar-refractivity contribution in [3.63, 3.8) is 0 Å². The molecule has 2 atom stereocenters. The van der Waals surface area contributed by atoms with E-state index in [1.165, 1.54) is 6.07 Å². The molecule has 26 heavy (non-hydrogen) atoms. The predicted molar refractivity (Wildman–Crippen MR) is 105 cm³/mol. The minimum absolute atomic E-state index is 0.250. The first-order valence-corrected chi connectivity index (χ1v) is 9.29. The van der Waals surface area contributed by atoms with E-state index in [-0.39, 0.29) is 17.9 Å². The lowest BCUT2D eigenvalue weighted by Gasteiger charge is -2.35. The van der Waals surface area contributed by atoms with Crippen LogP contribution in [0.2, 0.25) is 0 Å². The molecule has 0 amide bonds. The maximum absolute atomic E-state index is 14.0. The minimum Gasteiger partial charge on any atom is -0.389 e. The van der Waals surface area contributed by atoms with Crippen LogP contribution in [0.4, 0.5) is 15.8 Å². The highest BCUT2D eigenvalue weighted by molar-refractivity contribution is 5.77. The number of rotatable bonds is 7. The molecule has 0 aliphatic carbocycles. The van der Waals surface area contributed by atoms with Crippen LogP contribution in [0.1, 0.15) is 32.4 Å². The Morgan fingerprint density at radius 3 is 2.46 bits per heavy atom. The quantitative estimate of drug-likeness (QED) is 0.795. The van der Waals surface area contributed by atoms with Crippen molar-refractivity contribution in [3.8, 4) is 0 Å². The van der Waals surface area contributed by atoms with Crippen molar-refractivity contribution in [2.45, 2.75) is 39.0 Å². The van der Waals surface area contributed by atoms with Crippen LogP contribution >= 0.6 is 0 Å². The lowest BCUT2D eigenvalue weighted by Crippen LogP contribution is -2.44. The van der Waals surface area contributed by atoms with E-state index in [0.29, 0.717) is 13.2 Å². The summed E-state index contributed by atoms with van der Waals surface area (Å²) in [5.41, 5.74) is 2.87. The zero-order valence-corrected chi connectivity index (χ0v) is 15.7. The van der Waals surface area contributed by atoms with Crippen molar-refractivity contribution in [1.29, 1.82) is 0 Å². The lowest BCUT2D eigenvalue weighted by atomic mass is 9.99. The molecule has 0 saturated carbocycles. The third-order valence-corrected chi connectivity index (χ3v) is 4.93. The van der Waals surface area contributed by atoms with Crippen LogP contribution in [0.5, 0.6) is 0 Å². The van der Waals surface area contributed by atoms with Crippen LogP contribution < -0.4 is 15.1 Å². The molecular formula is C21H28FN3O. The first-order chi connectivity index (χ1) is 12.5. The number of halogens is 1. The summed E-state index contributed by atoms with van der Waals surface area (Å²) in [6, 6.07) is 14.9. The second-order valence-electron chi connectivity index (χ2n) is 7.04. The van der Waals surface area contributed by atoms with Crippen molar-refractivity contribution >= 4 is 11.4 Å². The maximum Gasteiger partial charge on any atom is 0.125 e. The van der Waals surface area contributed by atoms with E-state index in [9.17, 15) is 9.50 Å². The van der Waals surface area contributed by atoms with Crippen LogP contribution in [-0.2, 0) is 0 Å². The molecule has 1 aliphatic rings. The number of nitrogens with one attached hydrogen (secondary N) is 1. The van der Waals surface area contributed by atoms with Crippen LogP contribution in [0.15, 0.2) is 48.5 Å². The average molecular weight is 357 g/mol. The van der Waals surface area contributed by atoms with E-state index in [4.69, 9.17) is 0 Å². The van der Waals surface area contributed by atoms with Gasteiger partial charge in [-0.3, -0.25) is 0 Å². The molecule has 2 aromatic carbocycles. The number of nitrogens with zero attached hydrogens (tertiary/aromatic N) is 2. The normalized spacial score (nSPS) is 16.1. The molecule has 0 radical (unpaired) electrons. The van der Waals surface area contributed by atoms with Crippen molar-refractivity contribution in [2.75, 3.05) is 29.6 Å². The van der Waals surface area contributed by atoms with Gasteiger partial charge in [0.25, 0.3) is 0 Å². The molecule has 3 rings (SSSR count). The Hall–Kier alpha value is -2.11. The number of aliphatic hydroxyl groups excluding tert-OH is 1. The SMILES string of the molecule is CCNCC(O)C(c1ccccc1)N1CN(C(C)C)c2ccc(F)cc21. The lowest BCUT2D eigenvalue weighted by molar-refractivity contribution is 0.139. The van der Waals surface area contributed by atoms with Crippen LogP contribution in [-0.4, -0.2) is 37.0 Å². The van der Waals surface area contributed by atoms with E-state index < -0.39 is 6.10 Å². The first-order valence-electron chi connectivity index (χ1n) is 9.29. The van der Waals surface area contributed by atoms with Crippen molar-refractivity contribution < 1.29 is 9.50 Å². The second kappa shape index (κ2) is 8.06. The molecule has 2 unspecified atom stereocenters. The minimum atomic E-state index is -0.611. The monoisotopic (exact) mass is 357 g/mol. The zero-order valence-electron chi connectivity index (χ0n) is 15.7. The summed E-state index contributed by atoms with van der Waals surface area (Å²) in [6.45, 7) is 8.18. The highest BCUT2D eigenvalue weighted by atomic mass is 19.1. The van der Waals surface area contributed by atoms with Gasteiger partial charge in [-0.25, -0.2) is 4.39 Å². The summed E-state index contributed by atoms with van der Waals surface area (Å²) in [7, 11) is 0. The summed E-state index contributed by atoms with van der Waals surface area (Å²) < 4.78 is 14.0. The van der Waals surface area contributed by atoms with Gasteiger partial charge in [-0.2, -0.15) is 0 Å². The zero-order chi connectivity index (χ0) is 18.7. The Morgan fingerprint density at radius 2 is 1.81 bits per heavy atom. The van der Waals surface area contributed by atoms with E-state index in [2.05, 4.69) is 29.0 Å². The molecule has 2 N–H and O–H groups in total. The Kier molecular flexibility index (Phi) is 5.79. The van der Waals surface area contributed by atoms with Crippen LogP contribution in [0.25, 0.3) is 0 Å². The molecule has 0 fully saturated rings. The van der Waals surface area contributed by atoms with Gasteiger partial charge in [0.1, 0.15) is 5.82 Å². The Bertz CT molecular complexity index is 722. The number of anilines is 2. The number of likely N-dealkylation sites (N-methyl/N-ethyl adjacent to an activating group) is 1. The summed E-state index contributed by atoms with van der Waals surface area (Å²) in [5, 5.41) is 14.2. The molecule has 0 spiro atoms. The molecule has 1 aliphatic heterocycles. The molecule has 5 heteroatoms. The maximum atomic E-state index is 14.0. The second-order valence-corrected chi connectivity index (χ2v) is 7.04. The predicted octanol–water partition coefficient (Wildman–Crippen LogP) is 3.53. The Balaban J connectivity index is 2.03. The topological polar surface area (TPSA) is 38.7 Å². The third kappa shape index (κ3) is 3.69. The third-order valence-electron chi connectivity index (χ3n) is 4.93. The molecule has 4 nitrogen and oxygen atoms in total. The molecule has 0 aromatic heterocycles. The standard InChI is InChI=1S/C21H28FN3O/c1-4-23-13-20(26)21(16-8-6-5-7-9-16)25-14-24(15(2)3)18-11-10-17(22)12-19(18)25/h5-12,15,20-21,23,26H,4,13-14H2,1-3H3. The molecule has 2 aromatic rings. The van der Waals surface area contributed by atoms with Crippen LogP contribution in [0.3, 0.4) is 0 Å². The average Bonchev–Trinajstić information content (AvgIpc) is 3.00. The van der Waals surface area contributed by atoms with E-state index >= 15 is 0 Å². The van der Waals surface area contributed by atoms with E-state index in [0.717, 1.165) is 23.5 Å². The number of hydrogen-bond acceptors (Lipinski definition) is 4. The molecule has 140 valence electrons. The van der Waals surface area contributed by atoms with Crippen molar-refractivity contribution in [2.24, 2.45) is 0 Å². The summed E-state index contributed by atoms with van der Waals surface area (Å²) >= 11 is 0. The van der Waals surface area contributed by atoms with Gasteiger partial charge in [0, 0.05) is 12.6 Å². The van der Waals surface area contributed by atoms with Crippen molar-refractivity contribution in [3.05, 3.63) is 59.9 Å². The van der Waals surface area contributed by atoms with Gasteiger partial charge in [-0.15, -0.1) is 0 Å². The number of hydrogen-bond donors (Lipinski definition) is 2. The molecular weight excluding hydrogens is 329 g/mol. The highest BCUT2D eigenvalue weighted by Gasteiger charge is 2.36. The number of fused-ring (bicyclic) bond motifs is 1. The van der Waals surface area contributed by atoms with Crippen LogP contribution in [0, 0.1) is 5.82 Å². The van der Waals surface area contributed by atoms with Gasteiger partial charge in [0.05, 0.1) is 30.2 Å². The summed E-state index contributed by atoms with van der Waals surface area (Å²) in [6.07, 6.45) is -0.611. The first kappa shape index (κ1) is 18.7.